The van der Waals surface area contributed by atoms with E-state index in [-0.39, 0.29) is 36.8 Å². The third-order valence-corrected chi connectivity index (χ3v) is 3.96. The van der Waals surface area contributed by atoms with Crippen LogP contribution in [0.4, 0.5) is 0 Å². The van der Waals surface area contributed by atoms with E-state index in [1.54, 1.807) is 12.1 Å². The van der Waals surface area contributed by atoms with Crippen LogP contribution in [0.5, 0.6) is 5.75 Å². The molecule has 0 aliphatic carbocycles. The largest absolute Gasteiger partial charge is 0.490 e. The average molecular weight is 399 g/mol. The summed E-state index contributed by atoms with van der Waals surface area (Å²) in [6.45, 7) is 1.06. The van der Waals surface area contributed by atoms with Crippen LogP contribution in [0, 0.1) is 0 Å². The maximum absolute atomic E-state index is 11.9. The van der Waals surface area contributed by atoms with Crippen LogP contribution in [0.3, 0.4) is 0 Å². The molecule has 0 saturated carbocycles. The van der Waals surface area contributed by atoms with Gasteiger partial charge in [-0.25, -0.2) is 0 Å². The summed E-state index contributed by atoms with van der Waals surface area (Å²) < 4.78 is 10.5. The van der Waals surface area contributed by atoms with Gasteiger partial charge in [-0.3, -0.25) is 14.4 Å². The molecule has 24 heavy (non-hydrogen) atoms. The van der Waals surface area contributed by atoms with Gasteiger partial charge in [-0.1, -0.05) is 34.1 Å². The summed E-state index contributed by atoms with van der Waals surface area (Å²) in [5, 5.41) is 2.76. The van der Waals surface area contributed by atoms with E-state index in [0.717, 1.165) is 0 Å². The zero-order chi connectivity index (χ0) is 17.4. The molecule has 7 nitrogen and oxygen atoms in total. The molecule has 0 unspecified atom stereocenters. The van der Waals surface area contributed by atoms with E-state index in [1.165, 1.54) is 4.90 Å². The fourth-order valence-electron chi connectivity index (χ4n) is 2.34. The Morgan fingerprint density at radius 2 is 2.00 bits per heavy atom. The minimum Gasteiger partial charge on any atom is -0.490 e. The predicted molar refractivity (Wildman–Crippen MR) is 89.8 cm³/mol. The maximum Gasteiger partial charge on any atom is 0.308 e. The van der Waals surface area contributed by atoms with Crippen molar-refractivity contribution in [2.75, 3.05) is 31.6 Å². The summed E-state index contributed by atoms with van der Waals surface area (Å²) in [5.41, 5.74) is 0. The summed E-state index contributed by atoms with van der Waals surface area (Å²) in [7, 11) is 0. The number of piperazine rings is 1. The highest BCUT2D eigenvalue weighted by molar-refractivity contribution is 9.09. The molecule has 8 heteroatoms. The van der Waals surface area contributed by atoms with Crippen molar-refractivity contribution < 1.29 is 23.9 Å². The summed E-state index contributed by atoms with van der Waals surface area (Å²) in [6, 6.07) is 8.35. The molecule has 0 radical (unpaired) electrons. The van der Waals surface area contributed by atoms with Crippen LogP contribution in [0.1, 0.15) is 6.42 Å². The number of hydrogen-bond acceptors (Lipinski definition) is 5. The minimum atomic E-state index is -0.827. The fourth-order valence-corrected chi connectivity index (χ4v) is 2.66. The summed E-state index contributed by atoms with van der Waals surface area (Å²) in [5.74, 6) is -0.418. The Morgan fingerprint density at radius 1 is 1.25 bits per heavy atom. The number of benzene rings is 1. The molecule has 1 fully saturated rings. The normalized spacial score (nSPS) is 17.1. The van der Waals surface area contributed by atoms with E-state index in [1.807, 2.05) is 18.2 Å². The fraction of sp³-hybridized carbons (Fsp3) is 0.438. The molecule has 1 aliphatic rings. The number of hydrogen-bond donors (Lipinski definition) is 1. The van der Waals surface area contributed by atoms with Crippen LogP contribution in [0.25, 0.3) is 0 Å². The zero-order valence-electron chi connectivity index (χ0n) is 13.1. The first-order chi connectivity index (χ1) is 11.6. The molecule has 2 rings (SSSR count). The van der Waals surface area contributed by atoms with E-state index in [4.69, 9.17) is 9.47 Å². The SMILES string of the molecule is O=C(C[C@H]1C(=O)NCCN1C(=O)CBr)OCCOc1ccccc1. The summed E-state index contributed by atoms with van der Waals surface area (Å²) >= 11 is 3.08. The Kier molecular flexibility index (Phi) is 7.05. The van der Waals surface area contributed by atoms with E-state index in [9.17, 15) is 14.4 Å². The number of nitrogens with zero attached hydrogens (tertiary/aromatic N) is 1. The number of carbonyl (C=O) groups excluding carboxylic acids is 3. The van der Waals surface area contributed by atoms with Gasteiger partial charge in [-0.15, -0.1) is 0 Å². The van der Waals surface area contributed by atoms with Gasteiger partial charge in [0.1, 0.15) is 25.0 Å². The third-order valence-electron chi connectivity index (χ3n) is 3.48. The van der Waals surface area contributed by atoms with Crippen molar-refractivity contribution in [3.63, 3.8) is 0 Å². The van der Waals surface area contributed by atoms with Crippen LogP contribution >= 0.6 is 15.9 Å². The number of ether oxygens (including phenoxy) is 2. The molecule has 1 aliphatic heterocycles. The van der Waals surface area contributed by atoms with Gasteiger partial charge in [0.05, 0.1) is 11.8 Å². The molecular formula is C16H19BrN2O5. The first-order valence-corrected chi connectivity index (χ1v) is 8.70. The molecule has 2 amide bonds. The Balaban J connectivity index is 1.77. The van der Waals surface area contributed by atoms with Crippen LogP contribution in [0.2, 0.25) is 0 Å². The smallest absolute Gasteiger partial charge is 0.308 e. The van der Waals surface area contributed by atoms with E-state index in [2.05, 4.69) is 21.2 Å². The maximum atomic E-state index is 11.9. The molecule has 0 bridgehead atoms. The molecule has 1 aromatic rings. The lowest BCUT2D eigenvalue weighted by molar-refractivity contribution is -0.151. The Hall–Kier alpha value is -2.09. The number of halogens is 1. The average Bonchev–Trinajstić information content (AvgIpc) is 2.60. The number of esters is 1. The van der Waals surface area contributed by atoms with Crippen molar-refractivity contribution in [2.45, 2.75) is 12.5 Å². The first kappa shape index (κ1) is 18.3. The van der Waals surface area contributed by atoms with Crippen LogP contribution in [-0.4, -0.2) is 60.4 Å². The van der Waals surface area contributed by atoms with Crippen molar-refractivity contribution in [1.82, 2.24) is 10.2 Å². The van der Waals surface area contributed by atoms with E-state index in [0.29, 0.717) is 18.8 Å². The Labute approximate surface area is 148 Å². The van der Waals surface area contributed by atoms with Crippen LogP contribution in [0.15, 0.2) is 30.3 Å². The van der Waals surface area contributed by atoms with Crippen molar-refractivity contribution in [3.8, 4) is 5.75 Å². The lowest BCUT2D eigenvalue weighted by atomic mass is 10.1. The molecule has 1 heterocycles. The second-order valence-electron chi connectivity index (χ2n) is 5.11. The number of carbonyl (C=O) groups is 3. The van der Waals surface area contributed by atoms with Gasteiger partial charge in [0.25, 0.3) is 0 Å². The molecule has 0 aromatic heterocycles. The molecule has 1 saturated heterocycles. The lowest BCUT2D eigenvalue weighted by Crippen LogP contribution is -2.58. The number of para-hydroxylation sites is 1. The Morgan fingerprint density at radius 3 is 2.71 bits per heavy atom. The number of alkyl halides is 1. The minimum absolute atomic E-state index is 0.0778. The molecule has 1 atom stereocenters. The Bertz CT molecular complexity index is 581. The molecular weight excluding hydrogens is 380 g/mol. The molecule has 0 spiro atoms. The third kappa shape index (κ3) is 5.23. The highest BCUT2D eigenvalue weighted by atomic mass is 79.9. The number of nitrogens with one attached hydrogen (secondary N) is 1. The van der Waals surface area contributed by atoms with Gasteiger partial charge in [0.2, 0.25) is 11.8 Å². The van der Waals surface area contributed by atoms with Gasteiger partial charge in [0, 0.05) is 13.1 Å². The van der Waals surface area contributed by atoms with Crippen LogP contribution in [-0.2, 0) is 19.1 Å². The highest BCUT2D eigenvalue weighted by Gasteiger charge is 2.34. The lowest BCUT2D eigenvalue weighted by Gasteiger charge is -2.34. The van der Waals surface area contributed by atoms with Crippen molar-refractivity contribution in [2.24, 2.45) is 0 Å². The van der Waals surface area contributed by atoms with Gasteiger partial charge in [-0.2, -0.15) is 0 Å². The van der Waals surface area contributed by atoms with Gasteiger partial charge in [0.15, 0.2) is 0 Å². The monoisotopic (exact) mass is 398 g/mol. The van der Waals surface area contributed by atoms with Gasteiger partial charge >= 0.3 is 5.97 Å². The highest BCUT2D eigenvalue weighted by Crippen LogP contribution is 2.12. The summed E-state index contributed by atoms with van der Waals surface area (Å²) in [4.78, 5) is 37.1. The zero-order valence-corrected chi connectivity index (χ0v) is 14.7. The topological polar surface area (TPSA) is 84.9 Å². The van der Waals surface area contributed by atoms with Crippen molar-refractivity contribution in [1.29, 1.82) is 0 Å². The molecule has 1 aromatic carbocycles. The van der Waals surface area contributed by atoms with Crippen molar-refractivity contribution in [3.05, 3.63) is 30.3 Å². The second-order valence-corrected chi connectivity index (χ2v) is 5.67. The standard InChI is InChI=1S/C16H19BrN2O5/c17-11-14(20)19-7-6-18-16(22)13(19)10-15(21)24-9-8-23-12-4-2-1-3-5-12/h1-5,13H,6-11H2,(H,18,22)/t13-/m0/s1. The van der Waals surface area contributed by atoms with Crippen molar-refractivity contribution >= 4 is 33.7 Å². The molecule has 130 valence electrons. The number of rotatable bonds is 7. The number of amides is 2. The first-order valence-electron chi connectivity index (χ1n) is 7.58. The van der Waals surface area contributed by atoms with Gasteiger partial charge < -0.3 is 19.7 Å². The van der Waals surface area contributed by atoms with Gasteiger partial charge in [-0.05, 0) is 12.1 Å². The summed E-state index contributed by atoms with van der Waals surface area (Å²) in [6.07, 6.45) is -0.171. The second kappa shape index (κ2) is 9.27. The van der Waals surface area contributed by atoms with Crippen LogP contribution < -0.4 is 10.1 Å². The van der Waals surface area contributed by atoms with E-state index >= 15 is 0 Å². The predicted octanol–water partition coefficient (Wildman–Crippen LogP) is 0.721. The molecule has 1 N–H and O–H groups in total. The van der Waals surface area contributed by atoms with E-state index < -0.39 is 12.0 Å². The quantitative estimate of drug-likeness (QED) is 0.415.